The van der Waals surface area contributed by atoms with Crippen molar-refractivity contribution in [3.05, 3.63) is 69.9 Å². The number of nitro groups is 1. The smallest absolute Gasteiger partial charge is 0.272 e. The number of aromatic amines is 1. The average molecular weight is 393 g/mol. The molecule has 1 aliphatic rings. The molecule has 2 N–H and O–H groups in total. The molecule has 2 heterocycles. The van der Waals surface area contributed by atoms with Gasteiger partial charge in [-0.05, 0) is 43.5 Å². The van der Waals surface area contributed by atoms with Crippen LogP contribution in [0.2, 0.25) is 0 Å². The number of benzene rings is 2. The Kier molecular flexibility index (Phi) is 5.53. The number of fused-ring (bicyclic) bond motifs is 1. The second-order valence-corrected chi connectivity index (χ2v) is 7.47. The number of hydrogen-bond donors (Lipinski definition) is 2. The number of hydrogen-bond acceptors (Lipinski definition) is 5. The second-order valence-electron chi connectivity index (χ2n) is 7.47. The molecular formula is C21H23N5O3. The van der Waals surface area contributed by atoms with Gasteiger partial charge in [0, 0.05) is 30.6 Å². The van der Waals surface area contributed by atoms with Gasteiger partial charge in [-0.2, -0.15) is 5.10 Å². The predicted molar refractivity (Wildman–Crippen MR) is 110 cm³/mol. The van der Waals surface area contributed by atoms with E-state index in [1.54, 1.807) is 12.1 Å². The Balaban J connectivity index is 1.26. The lowest BCUT2D eigenvalue weighted by molar-refractivity contribution is -0.384. The van der Waals surface area contributed by atoms with Crippen LogP contribution in [0.5, 0.6) is 0 Å². The highest BCUT2D eigenvalue weighted by atomic mass is 16.6. The molecule has 150 valence electrons. The largest absolute Gasteiger partial charge is 0.350 e. The van der Waals surface area contributed by atoms with Crippen LogP contribution in [0.25, 0.3) is 10.9 Å². The number of carbonyl (C=O) groups excluding carboxylic acids is 1. The third-order valence-electron chi connectivity index (χ3n) is 5.47. The molecule has 8 heteroatoms. The first-order valence-electron chi connectivity index (χ1n) is 9.77. The molecule has 8 nitrogen and oxygen atoms in total. The quantitative estimate of drug-likeness (QED) is 0.495. The number of piperidine rings is 1. The first-order chi connectivity index (χ1) is 14.1. The molecule has 29 heavy (non-hydrogen) atoms. The second kappa shape index (κ2) is 8.40. The number of nitrogens with zero attached hydrogens (tertiary/aromatic N) is 3. The van der Waals surface area contributed by atoms with Crippen LogP contribution in [0.1, 0.15) is 28.9 Å². The van der Waals surface area contributed by atoms with Crippen molar-refractivity contribution in [2.45, 2.75) is 19.4 Å². The van der Waals surface area contributed by atoms with Crippen LogP contribution in [0.15, 0.2) is 48.5 Å². The minimum absolute atomic E-state index is 0.131. The number of H-pyrrole nitrogens is 1. The van der Waals surface area contributed by atoms with Gasteiger partial charge in [0.2, 0.25) is 0 Å². The van der Waals surface area contributed by atoms with E-state index in [4.69, 9.17) is 0 Å². The van der Waals surface area contributed by atoms with Gasteiger partial charge in [-0.15, -0.1) is 0 Å². The minimum atomic E-state index is -0.360. The highest BCUT2D eigenvalue weighted by Gasteiger charge is 2.21. The van der Waals surface area contributed by atoms with Crippen LogP contribution >= 0.6 is 0 Å². The summed E-state index contributed by atoms with van der Waals surface area (Å²) in [5, 5.41) is 21.8. The Labute approximate surface area is 168 Å². The molecule has 1 aromatic heterocycles. The van der Waals surface area contributed by atoms with Crippen LogP contribution in [0.4, 0.5) is 5.69 Å². The van der Waals surface area contributed by atoms with Crippen LogP contribution in [0.3, 0.4) is 0 Å². The van der Waals surface area contributed by atoms with Crippen molar-refractivity contribution in [2.75, 3.05) is 19.6 Å². The zero-order valence-electron chi connectivity index (χ0n) is 16.0. The summed E-state index contributed by atoms with van der Waals surface area (Å²) in [7, 11) is 0. The van der Waals surface area contributed by atoms with E-state index in [2.05, 4.69) is 20.4 Å². The zero-order valence-corrected chi connectivity index (χ0v) is 16.0. The molecule has 0 saturated carbocycles. The summed E-state index contributed by atoms with van der Waals surface area (Å²) in [6.07, 6.45) is 1.97. The Morgan fingerprint density at radius 2 is 2.00 bits per heavy atom. The van der Waals surface area contributed by atoms with Crippen LogP contribution in [-0.4, -0.2) is 45.6 Å². The van der Waals surface area contributed by atoms with E-state index in [-0.39, 0.29) is 16.5 Å². The zero-order chi connectivity index (χ0) is 20.2. The van der Waals surface area contributed by atoms with Gasteiger partial charge in [0.05, 0.1) is 10.4 Å². The number of amides is 1. The fourth-order valence-electron chi connectivity index (χ4n) is 3.83. The summed E-state index contributed by atoms with van der Waals surface area (Å²) < 4.78 is 0. The molecule has 0 aliphatic carbocycles. The summed E-state index contributed by atoms with van der Waals surface area (Å²) in [5.74, 6) is 0.270. The van der Waals surface area contributed by atoms with E-state index in [1.165, 1.54) is 6.07 Å². The highest BCUT2D eigenvalue weighted by molar-refractivity contribution is 6.04. The number of carbonyl (C=O) groups is 1. The SMILES string of the molecule is O=C(NCC1CCN(Cc2cccc([N+](=O)[O-])c2)CC1)c1n[nH]c2ccccc12. The number of nitrogens with one attached hydrogen (secondary N) is 2. The van der Waals surface area contributed by atoms with E-state index < -0.39 is 0 Å². The third-order valence-corrected chi connectivity index (χ3v) is 5.47. The Morgan fingerprint density at radius 3 is 2.79 bits per heavy atom. The van der Waals surface area contributed by atoms with Crippen LogP contribution in [0, 0.1) is 16.0 Å². The molecule has 1 fully saturated rings. The van der Waals surface area contributed by atoms with Crippen molar-refractivity contribution in [3.63, 3.8) is 0 Å². The van der Waals surface area contributed by atoms with Crippen molar-refractivity contribution in [3.8, 4) is 0 Å². The van der Waals surface area contributed by atoms with Crippen molar-refractivity contribution < 1.29 is 9.72 Å². The lowest BCUT2D eigenvalue weighted by Crippen LogP contribution is -2.38. The predicted octanol–water partition coefficient (Wildman–Crippen LogP) is 3.11. The Morgan fingerprint density at radius 1 is 1.21 bits per heavy atom. The molecule has 4 rings (SSSR count). The summed E-state index contributed by atoms with van der Waals surface area (Å²) in [4.78, 5) is 25.4. The number of para-hydroxylation sites is 1. The molecule has 1 saturated heterocycles. The number of rotatable bonds is 6. The standard InChI is InChI=1S/C21H23N5O3/c27-21(20-18-6-1-2-7-19(18)23-24-20)22-13-15-8-10-25(11-9-15)14-16-4-3-5-17(12-16)26(28)29/h1-7,12,15H,8-11,13-14H2,(H,22,27)(H,23,24). The van der Waals surface area contributed by atoms with Gasteiger partial charge < -0.3 is 5.32 Å². The van der Waals surface area contributed by atoms with Gasteiger partial charge in [-0.1, -0.05) is 30.3 Å². The summed E-state index contributed by atoms with van der Waals surface area (Å²) >= 11 is 0. The van der Waals surface area contributed by atoms with Crippen molar-refractivity contribution in [2.24, 2.45) is 5.92 Å². The van der Waals surface area contributed by atoms with Crippen molar-refractivity contribution in [1.82, 2.24) is 20.4 Å². The molecular weight excluding hydrogens is 370 g/mol. The van der Waals surface area contributed by atoms with Gasteiger partial charge in [-0.3, -0.25) is 24.9 Å². The Bertz CT molecular complexity index is 1020. The topological polar surface area (TPSA) is 104 Å². The molecule has 1 aliphatic heterocycles. The van der Waals surface area contributed by atoms with Gasteiger partial charge in [0.15, 0.2) is 5.69 Å². The van der Waals surface area contributed by atoms with E-state index in [0.717, 1.165) is 42.4 Å². The minimum Gasteiger partial charge on any atom is -0.350 e. The summed E-state index contributed by atoms with van der Waals surface area (Å²) in [5.41, 5.74) is 2.37. The Hall–Kier alpha value is -3.26. The van der Waals surface area contributed by atoms with Crippen LogP contribution in [-0.2, 0) is 6.54 Å². The van der Waals surface area contributed by atoms with Crippen LogP contribution < -0.4 is 5.32 Å². The van der Waals surface area contributed by atoms with E-state index >= 15 is 0 Å². The molecule has 2 aromatic carbocycles. The van der Waals surface area contributed by atoms with E-state index in [0.29, 0.717) is 24.7 Å². The molecule has 0 unspecified atom stereocenters. The van der Waals surface area contributed by atoms with E-state index in [1.807, 2.05) is 30.3 Å². The maximum Gasteiger partial charge on any atom is 0.272 e. The normalized spacial score (nSPS) is 15.4. The number of nitro benzene ring substituents is 1. The maximum atomic E-state index is 12.5. The first kappa shape index (κ1) is 19.1. The fraction of sp³-hybridized carbons (Fsp3) is 0.333. The van der Waals surface area contributed by atoms with Crippen molar-refractivity contribution >= 4 is 22.5 Å². The average Bonchev–Trinajstić information content (AvgIpc) is 3.17. The molecule has 0 spiro atoms. The lowest BCUT2D eigenvalue weighted by Gasteiger charge is -2.32. The third kappa shape index (κ3) is 4.43. The molecule has 1 amide bonds. The van der Waals surface area contributed by atoms with Gasteiger partial charge in [0.1, 0.15) is 0 Å². The monoisotopic (exact) mass is 393 g/mol. The fourth-order valence-corrected chi connectivity index (χ4v) is 3.83. The molecule has 0 atom stereocenters. The number of likely N-dealkylation sites (tertiary alicyclic amines) is 1. The van der Waals surface area contributed by atoms with Gasteiger partial charge in [0.25, 0.3) is 11.6 Å². The summed E-state index contributed by atoms with van der Waals surface area (Å²) in [6, 6.07) is 14.4. The molecule has 3 aromatic rings. The first-order valence-corrected chi connectivity index (χ1v) is 9.77. The van der Waals surface area contributed by atoms with Gasteiger partial charge >= 0.3 is 0 Å². The highest BCUT2D eigenvalue weighted by Crippen LogP contribution is 2.21. The lowest BCUT2D eigenvalue weighted by atomic mass is 9.96. The van der Waals surface area contributed by atoms with Gasteiger partial charge in [-0.25, -0.2) is 0 Å². The number of aromatic nitrogens is 2. The maximum absolute atomic E-state index is 12.5. The molecule has 0 radical (unpaired) electrons. The molecule has 0 bridgehead atoms. The van der Waals surface area contributed by atoms with Crippen molar-refractivity contribution in [1.29, 1.82) is 0 Å². The van der Waals surface area contributed by atoms with E-state index in [9.17, 15) is 14.9 Å². The number of non-ortho nitro benzene ring substituents is 1. The summed E-state index contributed by atoms with van der Waals surface area (Å²) in [6.45, 7) is 3.16.